The summed E-state index contributed by atoms with van der Waals surface area (Å²) >= 11 is 0. The minimum atomic E-state index is 0. The van der Waals surface area contributed by atoms with E-state index in [1.165, 1.54) is 5.56 Å². The maximum absolute atomic E-state index is 4.25. The molecule has 0 bridgehead atoms. The standard InChI is InChI=1S/C7H12N3.C7H7.Y/c1-5-6(2)10-7(9-5)4-8-3;1-7-5-3-2-4-6-7;/h4H2,1-3H3,(H,9,10);2-5H,1H3;/q2*-1;. The first-order valence-corrected chi connectivity index (χ1v) is 5.64. The van der Waals surface area contributed by atoms with Crippen LogP contribution in [0.4, 0.5) is 0 Å². The van der Waals surface area contributed by atoms with Gasteiger partial charge in [-0.1, -0.05) is 13.5 Å². The molecule has 0 fully saturated rings. The fraction of sp³-hybridized carbons (Fsp3) is 0.357. The average Bonchev–Trinajstić information content (AvgIpc) is 2.60. The topological polar surface area (TPSA) is 42.8 Å². The van der Waals surface area contributed by atoms with Crippen LogP contribution in [0.25, 0.3) is 5.32 Å². The zero-order valence-electron chi connectivity index (χ0n) is 11.5. The van der Waals surface area contributed by atoms with E-state index in [2.05, 4.69) is 21.4 Å². The maximum atomic E-state index is 4.25. The quantitative estimate of drug-likeness (QED) is 0.848. The van der Waals surface area contributed by atoms with Gasteiger partial charge in [0.25, 0.3) is 0 Å². The molecule has 0 aliphatic carbocycles. The molecule has 18 heavy (non-hydrogen) atoms. The van der Waals surface area contributed by atoms with E-state index in [0.29, 0.717) is 6.54 Å². The van der Waals surface area contributed by atoms with Crippen LogP contribution in [0.3, 0.4) is 0 Å². The molecule has 0 unspecified atom stereocenters. The van der Waals surface area contributed by atoms with Crippen molar-refractivity contribution in [2.24, 2.45) is 0 Å². The van der Waals surface area contributed by atoms with Crippen LogP contribution in [0.2, 0.25) is 0 Å². The summed E-state index contributed by atoms with van der Waals surface area (Å²) in [6, 6.07) is 10.9. The van der Waals surface area contributed by atoms with E-state index in [0.717, 1.165) is 17.2 Å². The molecular weight excluding hydrogens is 299 g/mol. The van der Waals surface area contributed by atoms with Crippen LogP contribution in [0, 0.1) is 26.8 Å². The van der Waals surface area contributed by atoms with Gasteiger partial charge >= 0.3 is 0 Å². The zero-order chi connectivity index (χ0) is 12.7. The van der Waals surface area contributed by atoms with Crippen molar-refractivity contribution in [1.82, 2.24) is 9.97 Å². The van der Waals surface area contributed by atoms with Crippen LogP contribution < -0.4 is 0 Å². The molecule has 1 aromatic heterocycles. The van der Waals surface area contributed by atoms with Crippen molar-refractivity contribution in [1.29, 1.82) is 0 Å². The Morgan fingerprint density at radius 2 is 2.00 bits per heavy atom. The number of hydrogen-bond donors (Lipinski definition) is 1. The molecule has 0 saturated heterocycles. The number of aromatic amines is 1. The van der Waals surface area contributed by atoms with Crippen molar-refractivity contribution in [2.45, 2.75) is 27.3 Å². The number of rotatable bonds is 2. The Hall–Kier alpha value is -0.506. The Bertz CT molecular complexity index is 418. The summed E-state index contributed by atoms with van der Waals surface area (Å²) in [5.41, 5.74) is 3.40. The second-order valence-corrected chi connectivity index (χ2v) is 3.91. The summed E-state index contributed by atoms with van der Waals surface area (Å²) in [6.45, 7) is 6.72. The molecule has 3 nitrogen and oxygen atoms in total. The molecule has 4 heteroatoms. The maximum Gasteiger partial charge on any atom is 0.0852 e. The molecule has 2 rings (SSSR count). The molecular formula is C14H19N3Y-2. The van der Waals surface area contributed by atoms with E-state index in [1.54, 1.807) is 7.05 Å². The Balaban J connectivity index is 0.000000321. The van der Waals surface area contributed by atoms with Crippen LogP contribution in [-0.4, -0.2) is 17.0 Å². The number of nitrogens with zero attached hydrogens (tertiary/aromatic N) is 2. The molecule has 0 amide bonds. The fourth-order valence-corrected chi connectivity index (χ4v) is 1.33. The van der Waals surface area contributed by atoms with Gasteiger partial charge in [-0.15, -0.1) is 0 Å². The van der Waals surface area contributed by atoms with Crippen molar-refractivity contribution in [3.05, 3.63) is 58.4 Å². The van der Waals surface area contributed by atoms with Crippen LogP contribution in [-0.2, 0) is 39.3 Å². The van der Waals surface area contributed by atoms with Gasteiger partial charge in [-0.05, 0) is 13.8 Å². The molecule has 2 aromatic rings. The largest absolute Gasteiger partial charge is 0.659 e. The van der Waals surface area contributed by atoms with Crippen LogP contribution in [0.15, 0.2) is 24.3 Å². The average molecular weight is 318 g/mol. The first-order chi connectivity index (χ1) is 8.13. The summed E-state index contributed by atoms with van der Waals surface area (Å²) < 4.78 is 0. The molecule has 0 saturated carbocycles. The van der Waals surface area contributed by atoms with Crippen LogP contribution >= 0.6 is 0 Å². The predicted octanol–water partition coefficient (Wildman–Crippen LogP) is 3.32. The van der Waals surface area contributed by atoms with Crippen molar-refractivity contribution in [3.8, 4) is 0 Å². The summed E-state index contributed by atoms with van der Waals surface area (Å²) in [7, 11) is 1.78. The summed E-state index contributed by atoms with van der Waals surface area (Å²) in [4.78, 5) is 7.39. The monoisotopic (exact) mass is 318 g/mol. The molecule has 0 spiro atoms. The third-order valence-corrected chi connectivity index (χ3v) is 2.35. The number of imidazole rings is 1. The second-order valence-electron chi connectivity index (χ2n) is 3.91. The number of nitrogens with one attached hydrogen (secondary N) is 1. The number of aromatic nitrogens is 2. The van der Waals surface area contributed by atoms with E-state index in [1.807, 2.05) is 45.0 Å². The first kappa shape index (κ1) is 17.5. The molecule has 1 N–H and O–H groups in total. The molecule has 1 aromatic carbocycles. The van der Waals surface area contributed by atoms with Crippen molar-refractivity contribution in [2.75, 3.05) is 7.05 Å². The SMILES string of the molecule is C[N-]Cc1nc(C)c(C)[nH]1.Cc1[c-]cccc1.[Y]. The smallest absolute Gasteiger partial charge is 0.0852 e. The molecule has 0 aliphatic rings. The molecule has 0 aliphatic heterocycles. The van der Waals surface area contributed by atoms with Crippen molar-refractivity contribution < 1.29 is 32.7 Å². The molecule has 1 radical (unpaired) electrons. The fourth-order valence-electron chi connectivity index (χ4n) is 1.33. The Labute approximate surface area is 135 Å². The van der Waals surface area contributed by atoms with Crippen LogP contribution in [0.5, 0.6) is 0 Å². The zero-order valence-corrected chi connectivity index (χ0v) is 14.3. The van der Waals surface area contributed by atoms with E-state index < -0.39 is 0 Å². The number of aryl methyl sites for hydroxylation is 3. The van der Waals surface area contributed by atoms with E-state index >= 15 is 0 Å². The number of H-pyrrole nitrogens is 1. The predicted molar refractivity (Wildman–Crippen MR) is 71.1 cm³/mol. The van der Waals surface area contributed by atoms with Gasteiger partial charge in [0.1, 0.15) is 0 Å². The van der Waals surface area contributed by atoms with Gasteiger partial charge in [0, 0.05) is 38.4 Å². The number of benzene rings is 1. The summed E-state index contributed by atoms with van der Waals surface area (Å²) in [5, 5.41) is 3.97. The first-order valence-electron chi connectivity index (χ1n) is 5.64. The van der Waals surface area contributed by atoms with Gasteiger partial charge in [-0.25, -0.2) is 4.98 Å². The van der Waals surface area contributed by atoms with E-state index in [4.69, 9.17) is 0 Å². The molecule has 0 atom stereocenters. The Morgan fingerprint density at radius 1 is 1.28 bits per heavy atom. The normalized spacial score (nSPS) is 9.11. The minimum absolute atomic E-state index is 0. The molecule has 95 valence electrons. The Morgan fingerprint density at radius 3 is 2.33 bits per heavy atom. The summed E-state index contributed by atoms with van der Waals surface area (Å²) in [6.07, 6.45) is 0. The van der Waals surface area contributed by atoms with Crippen molar-refractivity contribution in [3.63, 3.8) is 0 Å². The second kappa shape index (κ2) is 9.43. The number of hydrogen-bond acceptors (Lipinski definition) is 1. The van der Waals surface area contributed by atoms with Gasteiger partial charge in [0.2, 0.25) is 0 Å². The minimum Gasteiger partial charge on any atom is -0.659 e. The third kappa shape index (κ3) is 6.43. The summed E-state index contributed by atoms with van der Waals surface area (Å²) in [5.74, 6) is 0.956. The van der Waals surface area contributed by atoms with Gasteiger partial charge < -0.3 is 10.3 Å². The van der Waals surface area contributed by atoms with Gasteiger partial charge in [0.05, 0.1) is 11.5 Å². The Kier molecular flexibility index (Phi) is 9.16. The third-order valence-electron chi connectivity index (χ3n) is 2.35. The van der Waals surface area contributed by atoms with Gasteiger partial charge in [-0.2, -0.15) is 42.9 Å². The van der Waals surface area contributed by atoms with E-state index in [-0.39, 0.29) is 32.7 Å². The molecule has 1 heterocycles. The van der Waals surface area contributed by atoms with Gasteiger partial charge in [0.15, 0.2) is 0 Å². The van der Waals surface area contributed by atoms with Crippen molar-refractivity contribution >= 4 is 0 Å². The van der Waals surface area contributed by atoms with E-state index in [9.17, 15) is 0 Å². The van der Waals surface area contributed by atoms with Crippen LogP contribution in [0.1, 0.15) is 22.8 Å². The van der Waals surface area contributed by atoms with Gasteiger partial charge in [-0.3, -0.25) is 0 Å².